The van der Waals surface area contributed by atoms with Crippen LogP contribution in [0.5, 0.6) is 5.75 Å². The van der Waals surface area contributed by atoms with Gasteiger partial charge in [0, 0.05) is 6.07 Å². The van der Waals surface area contributed by atoms with Crippen molar-refractivity contribution in [1.82, 2.24) is 5.16 Å². The third kappa shape index (κ3) is 1.22. The first-order chi connectivity index (χ1) is 7.74. The number of phenolic OH excluding ortho intramolecular Hbond substituents is 1. The van der Waals surface area contributed by atoms with Crippen molar-refractivity contribution in [2.45, 2.75) is 0 Å². The van der Waals surface area contributed by atoms with Gasteiger partial charge in [0.05, 0.1) is 5.39 Å². The predicted octanol–water partition coefficient (Wildman–Crippen LogP) is 2.38. The quantitative estimate of drug-likeness (QED) is 0.652. The highest BCUT2D eigenvalue weighted by molar-refractivity contribution is 5.87. The minimum absolute atomic E-state index is 0.167. The van der Waals surface area contributed by atoms with Gasteiger partial charge < -0.3 is 19.8 Å². The lowest BCUT2D eigenvalue weighted by Crippen LogP contribution is -1.79. The molecular weight excluding hydrogens is 208 g/mol. The van der Waals surface area contributed by atoms with E-state index >= 15 is 0 Å². The van der Waals surface area contributed by atoms with Crippen molar-refractivity contribution in [3.63, 3.8) is 0 Å². The third-order valence-electron chi connectivity index (χ3n) is 2.31. The topological polar surface area (TPSA) is 85.4 Å². The van der Waals surface area contributed by atoms with Gasteiger partial charge in [0.25, 0.3) is 0 Å². The lowest BCUT2D eigenvalue weighted by molar-refractivity contribution is 0.424. The maximum Gasteiger partial charge on any atom is 0.204 e. The Morgan fingerprint density at radius 3 is 2.75 bits per heavy atom. The predicted molar refractivity (Wildman–Crippen MR) is 57.8 cm³/mol. The van der Waals surface area contributed by atoms with Crippen LogP contribution in [0.1, 0.15) is 0 Å². The smallest absolute Gasteiger partial charge is 0.204 e. The Balaban J connectivity index is 2.22. The Hall–Kier alpha value is -2.43. The van der Waals surface area contributed by atoms with E-state index in [9.17, 15) is 5.11 Å². The molecule has 3 aromatic rings. The van der Waals surface area contributed by atoms with Crippen LogP contribution < -0.4 is 5.73 Å². The number of rotatable bonds is 1. The Labute approximate surface area is 90.1 Å². The van der Waals surface area contributed by atoms with Crippen molar-refractivity contribution in [3.8, 4) is 17.3 Å². The Morgan fingerprint density at radius 1 is 1.19 bits per heavy atom. The zero-order valence-electron chi connectivity index (χ0n) is 8.18. The van der Waals surface area contributed by atoms with Gasteiger partial charge in [-0.15, -0.1) is 0 Å². The normalized spacial score (nSPS) is 11.0. The van der Waals surface area contributed by atoms with E-state index in [4.69, 9.17) is 14.7 Å². The molecule has 3 rings (SSSR count). The van der Waals surface area contributed by atoms with Gasteiger partial charge in [0.2, 0.25) is 5.76 Å². The minimum Gasteiger partial charge on any atom is -0.507 e. The number of nitrogens with two attached hydrogens (primary N) is 1. The first-order valence-electron chi connectivity index (χ1n) is 4.68. The molecule has 0 unspecified atom stereocenters. The van der Waals surface area contributed by atoms with E-state index in [1.807, 2.05) is 0 Å². The highest BCUT2D eigenvalue weighted by Gasteiger charge is 2.12. The molecule has 0 saturated carbocycles. The van der Waals surface area contributed by atoms with E-state index in [-0.39, 0.29) is 5.75 Å². The number of benzene rings is 1. The van der Waals surface area contributed by atoms with E-state index in [2.05, 4.69) is 5.16 Å². The van der Waals surface area contributed by atoms with Gasteiger partial charge in [0.15, 0.2) is 11.6 Å². The fourth-order valence-corrected chi connectivity index (χ4v) is 1.57. The molecule has 0 aliphatic carbocycles. The molecule has 0 aliphatic rings. The molecule has 2 aromatic heterocycles. The average molecular weight is 216 g/mol. The molecule has 0 atom stereocenters. The van der Waals surface area contributed by atoms with Crippen LogP contribution in [-0.2, 0) is 0 Å². The van der Waals surface area contributed by atoms with Crippen LogP contribution in [0.25, 0.3) is 22.5 Å². The first kappa shape index (κ1) is 8.84. The summed E-state index contributed by atoms with van der Waals surface area (Å²) in [6.45, 7) is 0. The van der Waals surface area contributed by atoms with Gasteiger partial charge >= 0.3 is 0 Å². The SMILES string of the molecule is Nc1cc(-c2cc3c(O)cccc3o2)on1. The summed E-state index contributed by atoms with van der Waals surface area (Å²) >= 11 is 0. The third-order valence-corrected chi connectivity index (χ3v) is 2.31. The van der Waals surface area contributed by atoms with E-state index in [0.29, 0.717) is 28.3 Å². The highest BCUT2D eigenvalue weighted by atomic mass is 16.5. The van der Waals surface area contributed by atoms with Gasteiger partial charge in [-0.25, -0.2) is 0 Å². The van der Waals surface area contributed by atoms with Gasteiger partial charge in [-0.05, 0) is 18.2 Å². The molecular formula is C11H8N2O3. The Bertz CT molecular complexity index is 654. The fourth-order valence-electron chi connectivity index (χ4n) is 1.57. The average Bonchev–Trinajstić information content (AvgIpc) is 2.84. The van der Waals surface area contributed by atoms with Crippen molar-refractivity contribution in [3.05, 3.63) is 30.3 Å². The number of anilines is 1. The fraction of sp³-hybridized carbons (Fsp3) is 0. The van der Waals surface area contributed by atoms with Crippen molar-refractivity contribution < 1.29 is 14.0 Å². The molecule has 0 saturated heterocycles. The molecule has 2 heterocycles. The van der Waals surface area contributed by atoms with Gasteiger partial charge in [-0.1, -0.05) is 11.2 Å². The van der Waals surface area contributed by atoms with Crippen LogP contribution in [0.4, 0.5) is 5.82 Å². The number of aromatic nitrogens is 1. The molecule has 16 heavy (non-hydrogen) atoms. The molecule has 0 spiro atoms. The second-order valence-electron chi connectivity index (χ2n) is 3.42. The summed E-state index contributed by atoms with van der Waals surface area (Å²) in [4.78, 5) is 0. The number of furan rings is 1. The Morgan fingerprint density at radius 2 is 2.06 bits per heavy atom. The molecule has 0 fully saturated rings. The summed E-state index contributed by atoms with van der Waals surface area (Å²) in [5, 5.41) is 13.8. The van der Waals surface area contributed by atoms with Crippen molar-refractivity contribution in [2.24, 2.45) is 0 Å². The van der Waals surface area contributed by atoms with Crippen LogP contribution in [0.2, 0.25) is 0 Å². The van der Waals surface area contributed by atoms with Crippen LogP contribution in [0.3, 0.4) is 0 Å². The summed E-state index contributed by atoms with van der Waals surface area (Å²) in [7, 11) is 0. The molecule has 1 aromatic carbocycles. The van der Waals surface area contributed by atoms with E-state index < -0.39 is 0 Å². The number of nitrogen functional groups attached to an aromatic ring is 1. The van der Waals surface area contributed by atoms with E-state index in [0.717, 1.165) is 0 Å². The summed E-state index contributed by atoms with van der Waals surface area (Å²) < 4.78 is 10.5. The summed E-state index contributed by atoms with van der Waals surface area (Å²) in [6.07, 6.45) is 0. The molecule has 0 bridgehead atoms. The standard InChI is InChI=1S/C11H8N2O3/c12-11-5-10(16-13-11)9-4-6-7(14)2-1-3-8(6)15-9/h1-5,14H,(H2,12,13). The monoisotopic (exact) mass is 216 g/mol. The highest BCUT2D eigenvalue weighted by Crippen LogP contribution is 2.33. The van der Waals surface area contributed by atoms with E-state index in [1.54, 1.807) is 30.3 Å². The second-order valence-corrected chi connectivity index (χ2v) is 3.42. The van der Waals surface area contributed by atoms with Crippen LogP contribution in [-0.4, -0.2) is 10.3 Å². The van der Waals surface area contributed by atoms with Crippen molar-refractivity contribution >= 4 is 16.8 Å². The number of aromatic hydroxyl groups is 1. The number of phenols is 1. The van der Waals surface area contributed by atoms with Crippen LogP contribution in [0.15, 0.2) is 39.3 Å². The summed E-state index contributed by atoms with van der Waals surface area (Å²) in [5.41, 5.74) is 6.03. The molecule has 3 N–H and O–H groups in total. The molecule has 0 radical (unpaired) electrons. The number of hydrogen-bond donors (Lipinski definition) is 2. The van der Waals surface area contributed by atoms with Gasteiger partial charge in [0.1, 0.15) is 11.3 Å². The molecule has 5 nitrogen and oxygen atoms in total. The molecule has 0 amide bonds. The first-order valence-corrected chi connectivity index (χ1v) is 4.68. The summed E-state index contributed by atoms with van der Waals surface area (Å²) in [6, 6.07) is 8.31. The zero-order valence-corrected chi connectivity index (χ0v) is 8.18. The Kier molecular flexibility index (Phi) is 1.67. The largest absolute Gasteiger partial charge is 0.507 e. The number of fused-ring (bicyclic) bond motifs is 1. The zero-order chi connectivity index (χ0) is 11.1. The maximum atomic E-state index is 9.61. The lowest BCUT2D eigenvalue weighted by atomic mass is 10.2. The van der Waals surface area contributed by atoms with Crippen LogP contribution >= 0.6 is 0 Å². The van der Waals surface area contributed by atoms with Crippen LogP contribution in [0, 0.1) is 0 Å². The second kappa shape index (κ2) is 3.03. The minimum atomic E-state index is 0.167. The molecule has 80 valence electrons. The number of hydrogen-bond acceptors (Lipinski definition) is 5. The molecule has 0 aliphatic heterocycles. The van der Waals surface area contributed by atoms with Crippen molar-refractivity contribution in [2.75, 3.05) is 5.73 Å². The van der Waals surface area contributed by atoms with Gasteiger partial charge in [-0.3, -0.25) is 0 Å². The van der Waals surface area contributed by atoms with Crippen molar-refractivity contribution in [1.29, 1.82) is 0 Å². The maximum absolute atomic E-state index is 9.61. The van der Waals surface area contributed by atoms with E-state index in [1.165, 1.54) is 0 Å². The summed E-state index contributed by atoms with van der Waals surface area (Å²) in [5.74, 6) is 1.38. The lowest BCUT2D eigenvalue weighted by Gasteiger charge is -1.89. The number of nitrogens with zero attached hydrogens (tertiary/aromatic N) is 1. The molecule has 5 heteroatoms. The van der Waals surface area contributed by atoms with Gasteiger partial charge in [-0.2, -0.15) is 0 Å².